The van der Waals surface area contributed by atoms with E-state index >= 15 is 0 Å². The zero-order chi connectivity index (χ0) is 22.1. The Hall–Kier alpha value is -3.88. The maximum atomic E-state index is 12.1. The van der Waals surface area contributed by atoms with Crippen LogP contribution in [0.5, 0.6) is 5.75 Å². The summed E-state index contributed by atoms with van der Waals surface area (Å²) in [5.41, 5.74) is 1.31. The van der Waals surface area contributed by atoms with Gasteiger partial charge in [-0.05, 0) is 36.4 Å². The van der Waals surface area contributed by atoms with Gasteiger partial charge in [0.25, 0.3) is 5.91 Å². The van der Waals surface area contributed by atoms with Gasteiger partial charge in [0.15, 0.2) is 6.61 Å². The highest BCUT2D eigenvalue weighted by Crippen LogP contribution is 2.16. The Kier molecular flexibility index (Phi) is 7.92. The quantitative estimate of drug-likeness (QED) is 0.639. The number of nitrogens with zero attached hydrogens (tertiary/aromatic N) is 1. The summed E-state index contributed by atoms with van der Waals surface area (Å²) in [6.07, 6.45) is 0. The molecule has 0 heterocycles. The van der Waals surface area contributed by atoms with Crippen molar-refractivity contribution in [1.82, 2.24) is 4.90 Å². The lowest BCUT2D eigenvalue weighted by Crippen LogP contribution is -2.37. The van der Waals surface area contributed by atoms with Gasteiger partial charge >= 0.3 is 5.97 Å². The Morgan fingerprint density at radius 1 is 0.967 bits per heavy atom. The molecule has 158 valence electrons. The number of benzene rings is 2. The molecule has 0 aromatic heterocycles. The number of ether oxygens (including phenoxy) is 2. The summed E-state index contributed by atoms with van der Waals surface area (Å²) in [4.78, 5) is 48.5. The first-order valence-electron chi connectivity index (χ1n) is 9.01. The predicted molar refractivity (Wildman–Crippen MR) is 110 cm³/mol. The Bertz CT molecular complexity index is 927. The fourth-order valence-corrected chi connectivity index (χ4v) is 2.42. The molecule has 3 amide bonds. The largest absolute Gasteiger partial charge is 0.497 e. The number of anilines is 2. The number of carbonyl (C=O) groups excluding carboxylic acids is 4. The van der Waals surface area contributed by atoms with Crippen LogP contribution in [0.2, 0.25) is 0 Å². The zero-order valence-electron chi connectivity index (χ0n) is 16.9. The third kappa shape index (κ3) is 6.93. The van der Waals surface area contributed by atoms with Gasteiger partial charge in [0.1, 0.15) is 5.75 Å². The molecule has 0 atom stereocenters. The van der Waals surface area contributed by atoms with E-state index in [0.29, 0.717) is 17.1 Å². The summed E-state index contributed by atoms with van der Waals surface area (Å²) in [6, 6.07) is 12.9. The molecule has 0 spiro atoms. The van der Waals surface area contributed by atoms with E-state index in [1.54, 1.807) is 36.4 Å². The van der Waals surface area contributed by atoms with E-state index in [-0.39, 0.29) is 18.0 Å². The van der Waals surface area contributed by atoms with E-state index in [1.807, 2.05) is 0 Å². The van der Waals surface area contributed by atoms with Gasteiger partial charge in [-0.15, -0.1) is 0 Å². The highest BCUT2D eigenvalue weighted by Gasteiger charge is 2.16. The molecule has 2 aromatic carbocycles. The SMILES string of the molecule is COc1cccc(NC(=O)CN(C)C(=O)COC(=O)c2ccc(NC(C)=O)cc2)c1. The van der Waals surface area contributed by atoms with Crippen molar-refractivity contribution in [1.29, 1.82) is 0 Å². The molecule has 30 heavy (non-hydrogen) atoms. The first-order valence-corrected chi connectivity index (χ1v) is 9.01. The van der Waals surface area contributed by atoms with Gasteiger partial charge in [-0.3, -0.25) is 14.4 Å². The van der Waals surface area contributed by atoms with Crippen molar-refractivity contribution < 1.29 is 28.7 Å². The van der Waals surface area contributed by atoms with Gasteiger partial charge in [0.2, 0.25) is 11.8 Å². The topological polar surface area (TPSA) is 114 Å². The summed E-state index contributed by atoms with van der Waals surface area (Å²) in [5, 5.41) is 5.24. The number of hydrogen-bond acceptors (Lipinski definition) is 6. The molecule has 0 saturated carbocycles. The maximum Gasteiger partial charge on any atom is 0.338 e. The zero-order valence-corrected chi connectivity index (χ0v) is 16.9. The predicted octanol–water partition coefficient (Wildman–Crippen LogP) is 1.91. The van der Waals surface area contributed by atoms with Crippen LogP contribution in [0.3, 0.4) is 0 Å². The molecule has 9 heteroatoms. The first kappa shape index (κ1) is 22.4. The molecule has 0 saturated heterocycles. The van der Waals surface area contributed by atoms with E-state index in [1.165, 1.54) is 33.2 Å². The lowest BCUT2D eigenvalue weighted by Gasteiger charge is -2.17. The molecule has 0 bridgehead atoms. The second-order valence-electron chi connectivity index (χ2n) is 6.36. The van der Waals surface area contributed by atoms with Gasteiger partial charge in [0.05, 0.1) is 19.2 Å². The minimum absolute atomic E-state index is 0.209. The van der Waals surface area contributed by atoms with Gasteiger partial charge in [0, 0.05) is 31.4 Å². The van der Waals surface area contributed by atoms with E-state index in [9.17, 15) is 19.2 Å². The first-order chi connectivity index (χ1) is 14.3. The highest BCUT2D eigenvalue weighted by molar-refractivity contribution is 5.96. The molecule has 0 aliphatic heterocycles. The summed E-state index contributed by atoms with van der Waals surface area (Å²) in [6.45, 7) is 0.662. The molecule has 2 aromatic rings. The number of amides is 3. The number of esters is 1. The number of hydrogen-bond donors (Lipinski definition) is 2. The molecule has 0 fully saturated rings. The molecule has 9 nitrogen and oxygen atoms in total. The second-order valence-corrected chi connectivity index (χ2v) is 6.36. The number of rotatable bonds is 8. The van der Waals surface area contributed by atoms with Crippen molar-refractivity contribution in [3.8, 4) is 5.75 Å². The van der Waals surface area contributed by atoms with E-state index < -0.39 is 24.4 Å². The molecule has 0 aliphatic carbocycles. The molecular weight excluding hydrogens is 390 g/mol. The lowest BCUT2D eigenvalue weighted by atomic mass is 10.2. The third-order valence-electron chi connectivity index (χ3n) is 3.93. The minimum Gasteiger partial charge on any atom is -0.497 e. The monoisotopic (exact) mass is 413 g/mol. The normalized spacial score (nSPS) is 9.97. The van der Waals surface area contributed by atoms with Crippen molar-refractivity contribution in [2.75, 3.05) is 37.9 Å². The van der Waals surface area contributed by atoms with Gasteiger partial charge < -0.3 is 25.0 Å². The van der Waals surface area contributed by atoms with Crippen LogP contribution in [0.4, 0.5) is 11.4 Å². The van der Waals surface area contributed by atoms with Crippen molar-refractivity contribution in [3.05, 3.63) is 54.1 Å². The maximum absolute atomic E-state index is 12.1. The summed E-state index contributed by atoms with van der Waals surface area (Å²) >= 11 is 0. The fourth-order valence-electron chi connectivity index (χ4n) is 2.42. The molecule has 2 rings (SSSR count). The van der Waals surface area contributed by atoms with Crippen LogP contribution >= 0.6 is 0 Å². The van der Waals surface area contributed by atoms with Crippen LogP contribution in [-0.4, -0.2) is 55.9 Å². The number of methoxy groups -OCH3 is 1. The Balaban J connectivity index is 1.81. The second kappa shape index (κ2) is 10.6. The standard InChI is InChI=1S/C21H23N3O6/c1-14(25)22-16-9-7-15(8-10-16)21(28)30-13-20(27)24(2)12-19(26)23-17-5-4-6-18(11-17)29-3/h4-11H,12-13H2,1-3H3,(H,22,25)(H,23,26). The number of nitrogens with one attached hydrogen (secondary N) is 2. The fraction of sp³-hybridized carbons (Fsp3) is 0.238. The van der Waals surface area contributed by atoms with Gasteiger partial charge in [-0.1, -0.05) is 6.07 Å². The average molecular weight is 413 g/mol. The number of carbonyl (C=O) groups is 4. The van der Waals surface area contributed by atoms with Crippen LogP contribution in [0.25, 0.3) is 0 Å². The lowest BCUT2D eigenvalue weighted by molar-refractivity contribution is -0.136. The van der Waals surface area contributed by atoms with Crippen molar-refractivity contribution >= 4 is 35.1 Å². The van der Waals surface area contributed by atoms with E-state index in [2.05, 4.69) is 10.6 Å². The summed E-state index contributed by atoms with van der Waals surface area (Å²) in [7, 11) is 2.95. The Morgan fingerprint density at radius 3 is 2.30 bits per heavy atom. The molecule has 0 aliphatic rings. The van der Waals surface area contributed by atoms with E-state index in [4.69, 9.17) is 9.47 Å². The average Bonchev–Trinajstić information content (AvgIpc) is 2.71. The molecular formula is C21H23N3O6. The smallest absolute Gasteiger partial charge is 0.338 e. The van der Waals surface area contributed by atoms with Crippen molar-refractivity contribution in [2.45, 2.75) is 6.92 Å². The van der Waals surface area contributed by atoms with Gasteiger partial charge in [-0.2, -0.15) is 0 Å². The molecule has 0 radical (unpaired) electrons. The third-order valence-corrected chi connectivity index (χ3v) is 3.93. The van der Waals surface area contributed by atoms with Gasteiger partial charge in [-0.25, -0.2) is 4.79 Å². The number of likely N-dealkylation sites (N-methyl/N-ethyl adjacent to an activating group) is 1. The summed E-state index contributed by atoms with van der Waals surface area (Å²) < 4.78 is 10.1. The minimum atomic E-state index is -0.688. The van der Waals surface area contributed by atoms with Crippen LogP contribution in [0.15, 0.2) is 48.5 Å². The van der Waals surface area contributed by atoms with Crippen LogP contribution in [0, 0.1) is 0 Å². The van der Waals surface area contributed by atoms with Crippen molar-refractivity contribution in [2.24, 2.45) is 0 Å². The molecule has 2 N–H and O–H groups in total. The highest BCUT2D eigenvalue weighted by atomic mass is 16.5. The van der Waals surface area contributed by atoms with Crippen LogP contribution in [-0.2, 0) is 19.1 Å². The van der Waals surface area contributed by atoms with Crippen LogP contribution < -0.4 is 15.4 Å². The van der Waals surface area contributed by atoms with E-state index in [0.717, 1.165) is 4.90 Å². The Labute approximate surface area is 174 Å². The summed E-state index contributed by atoms with van der Waals surface area (Å²) in [5.74, 6) is -1.26. The van der Waals surface area contributed by atoms with Crippen LogP contribution in [0.1, 0.15) is 17.3 Å². The van der Waals surface area contributed by atoms with Crippen molar-refractivity contribution in [3.63, 3.8) is 0 Å². The Morgan fingerprint density at radius 2 is 1.67 bits per heavy atom. The molecule has 0 unspecified atom stereocenters.